The summed E-state index contributed by atoms with van der Waals surface area (Å²) in [6, 6.07) is 9.34. The average molecular weight is 249 g/mol. The van der Waals surface area contributed by atoms with Gasteiger partial charge in [0.2, 0.25) is 0 Å². The van der Waals surface area contributed by atoms with E-state index in [9.17, 15) is 0 Å². The molecule has 0 aromatic heterocycles. The normalized spacial score (nSPS) is 14.2. The first-order chi connectivity index (χ1) is 8.67. The van der Waals surface area contributed by atoms with E-state index in [1.807, 2.05) is 6.07 Å². The van der Waals surface area contributed by atoms with Crippen molar-refractivity contribution in [2.75, 3.05) is 6.61 Å². The Morgan fingerprint density at radius 2 is 2.00 bits per heavy atom. The molecule has 2 atom stereocenters. The van der Waals surface area contributed by atoms with Crippen LogP contribution >= 0.6 is 0 Å². The second-order valence-corrected chi connectivity index (χ2v) is 4.97. The molecule has 0 unspecified atom stereocenters. The van der Waals surface area contributed by atoms with Crippen molar-refractivity contribution < 1.29 is 4.74 Å². The summed E-state index contributed by atoms with van der Waals surface area (Å²) >= 11 is 0. The minimum absolute atomic E-state index is 0.370. The van der Waals surface area contributed by atoms with Crippen molar-refractivity contribution in [3.8, 4) is 5.75 Å². The van der Waals surface area contributed by atoms with Crippen molar-refractivity contribution in [3.05, 3.63) is 29.8 Å². The molecule has 0 aliphatic rings. The lowest BCUT2D eigenvalue weighted by atomic mass is 10.1. The molecule has 0 fully saturated rings. The van der Waals surface area contributed by atoms with Crippen molar-refractivity contribution >= 4 is 0 Å². The van der Waals surface area contributed by atoms with E-state index >= 15 is 0 Å². The Bertz CT molecular complexity index is 338. The van der Waals surface area contributed by atoms with Crippen LogP contribution in [-0.4, -0.2) is 12.6 Å². The molecule has 1 aromatic carbocycles. The molecule has 18 heavy (non-hydrogen) atoms. The Labute approximate surface area is 112 Å². The van der Waals surface area contributed by atoms with Crippen LogP contribution in [0.5, 0.6) is 5.75 Å². The van der Waals surface area contributed by atoms with Crippen molar-refractivity contribution in [3.63, 3.8) is 0 Å². The third-order valence-corrected chi connectivity index (χ3v) is 3.27. The zero-order valence-electron chi connectivity index (χ0n) is 12.2. The zero-order chi connectivity index (χ0) is 13.4. The van der Waals surface area contributed by atoms with Gasteiger partial charge in [-0.1, -0.05) is 32.4 Å². The van der Waals surface area contributed by atoms with E-state index in [1.165, 1.54) is 12.0 Å². The largest absolute Gasteiger partial charge is 0.494 e. The smallest absolute Gasteiger partial charge is 0.119 e. The molecule has 0 aliphatic heterocycles. The van der Waals surface area contributed by atoms with Gasteiger partial charge in [0, 0.05) is 12.1 Å². The fraction of sp³-hybridized carbons (Fsp3) is 0.625. The number of hydrogen-bond donors (Lipinski definition) is 1. The van der Waals surface area contributed by atoms with E-state index in [0.717, 1.165) is 25.2 Å². The highest BCUT2D eigenvalue weighted by Gasteiger charge is 2.08. The van der Waals surface area contributed by atoms with Crippen LogP contribution in [0.15, 0.2) is 24.3 Å². The van der Waals surface area contributed by atoms with Gasteiger partial charge >= 0.3 is 0 Å². The van der Waals surface area contributed by atoms with E-state index in [1.54, 1.807) is 0 Å². The molecule has 0 radical (unpaired) electrons. The standard InChI is InChI=1S/C16H27NO/c1-5-7-11-18-16-10-8-9-15(12-16)14(4)17-13(3)6-2/h8-10,12-14,17H,5-7,11H2,1-4H3/t13-,14+/m0/s1. The molecular formula is C16H27NO. The third kappa shape index (κ3) is 5.09. The van der Waals surface area contributed by atoms with Gasteiger partial charge in [-0.05, 0) is 44.4 Å². The first-order valence-corrected chi connectivity index (χ1v) is 7.16. The van der Waals surface area contributed by atoms with E-state index in [2.05, 4.69) is 51.2 Å². The number of unbranched alkanes of at least 4 members (excludes halogenated alkanes) is 1. The summed E-state index contributed by atoms with van der Waals surface area (Å²) in [6.45, 7) is 9.62. The van der Waals surface area contributed by atoms with Crippen molar-refractivity contribution in [2.45, 2.75) is 59.0 Å². The van der Waals surface area contributed by atoms with Crippen LogP contribution in [0.2, 0.25) is 0 Å². The first kappa shape index (κ1) is 15.0. The van der Waals surface area contributed by atoms with E-state index in [-0.39, 0.29) is 0 Å². The van der Waals surface area contributed by atoms with Gasteiger partial charge in [0.25, 0.3) is 0 Å². The number of nitrogens with one attached hydrogen (secondary N) is 1. The zero-order valence-corrected chi connectivity index (χ0v) is 12.2. The first-order valence-electron chi connectivity index (χ1n) is 7.16. The molecule has 0 heterocycles. The fourth-order valence-corrected chi connectivity index (χ4v) is 1.85. The number of hydrogen-bond acceptors (Lipinski definition) is 2. The Morgan fingerprint density at radius 1 is 1.22 bits per heavy atom. The van der Waals surface area contributed by atoms with Gasteiger partial charge in [-0.3, -0.25) is 0 Å². The van der Waals surface area contributed by atoms with Crippen LogP contribution in [0.1, 0.15) is 58.6 Å². The lowest BCUT2D eigenvalue weighted by molar-refractivity contribution is 0.308. The summed E-state index contributed by atoms with van der Waals surface area (Å²) in [7, 11) is 0. The number of benzene rings is 1. The molecule has 0 spiro atoms. The van der Waals surface area contributed by atoms with E-state index in [0.29, 0.717) is 12.1 Å². The third-order valence-electron chi connectivity index (χ3n) is 3.27. The summed E-state index contributed by atoms with van der Waals surface area (Å²) in [5, 5.41) is 3.58. The second-order valence-electron chi connectivity index (χ2n) is 4.97. The number of rotatable bonds is 8. The summed E-state index contributed by atoms with van der Waals surface area (Å²) in [4.78, 5) is 0. The van der Waals surface area contributed by atoms with Gasteiger partial charge < -0.3 is 10.1 Å². The SMILES string of the molecule is CCCCOc1cccc([C@@H](C)N[C@@H](C)CC)c1. The summed E-state index contributed by atoms with van der Waals surface area (Å²) in [5.74, 6) is 0.985. The van der Waals surface area contributed by atoms with Crippen LogP contribution in [0.25, 0.3) is 0 Å². The fourth-order valence-electron chi connectivity index (χ4n) is 1.85. The van der Waals surface area contributed by atoms with E-state index in [4.69, 9.17) is 4.74 Å². The molecule has 0 aliphatic carbocycles. The van der Waals surface area contributed by atoms with Crippen molar-refractivity contribution in [1.29, 1.82) is 0 Å². The second kappa shape index (κ2) is 8.15. The maximum absolute atomic E-state index is 5.74. The monoisotopic (exact) mass is 249 g/mol. The summed E-state index contributed by atoms with van der Waals surface area (Å²) in [5.41, 5.74) is 1.30. The predicted molar refractivity (Wildman–Crippen MR) is 78.1 cm³/mol. The molecule has 0 amide bonds. The highest BCUT2D eigenvalue weighted by molar-refractivity contribution is 5.30. The van der Waals surface area contributed by atoms with E-state index < -0.39 is 0 Å². The minimum atomic E-state index is 0.370. The lowest BCUT2D eigenvalue weighted by Gasteiger charge is -2.19. The molecule has 1 rings (SSSR count). The minimum Gasteiger partial charge on any atom is -0.494 e. The van der Waals surface area contributed by atoms with Gasteiger partial charge in [0.1, 0.15) is 5.75 Å². The maximum Gasteiger partial charge on any atom is 0.119 e. The Hall–Kier alpha value is -1.02. The highest BCUT2D eigenvalue weighted by atomic mass is 16.5. The summed E-state index contributed by atoms with van der Waals surface area (Å²) < 4.78 is 5.74. The molecule has 0 bridgehead atoms. The summed E-state index contributed by atoms with van der Waals surface area (Å²) in [6.07, 6.45) is 3.44. The van der Waals surface area contributed by atoms with Crippen LogP contribution in [0.4, 0.5) is 0 Å². The molecule has 2 nitrogen and oxygen atoms in total. The van der Waals surface area contributed by atoms with Gasteiger partial charge in [0.15, 0.2) is 0 Å². The molecule has 2 heteroatoms. The molecule has 0 saturated heterocycles. The van der Waals surface area contributed by atoms with Gasteiger partial charge in [-0.15, -0.1) is 0 Å². The maximum atomic E-state index is 5.74. The average Bonchev–Trinajstić information content (AvgIpc) is 2.39. The molecule has 102 valence electrons. The molecule has 1 aromatic rings. The Morgan fingerprint density at radius 3 is 2.67 bits per heavy atom. The predicted octanol–water partition coefficient (Wildman–Crippen LogP) is 4.31. The van der Waals surface area contributed by atoms with Crippen LogP contribution in [0, 0.1) is 0 Å². The van der Waals surface area contributed by atoms with Crippen molar-refractivity contribution in [1.82, 2.24) is 5.32 Å². The lowest BCUT2D eigenvalue weighted by Crippen LogP contribution is -2.28. The van der Waals surface area contributed by atoms with Crippen LogP contribution in [-0.2, 0) is 0 Å². The molecule has 0 saturated carbocycles. The van der Waals surface area contributed by atoms with Crippen LogP contribution < -0.4 is 10.1 Å². The number of ether oxygens (including phenoxy) is 1. The van der Waals surface area contributed by atoms with Crippen molar-refractivity contribution in [2.24, 2.45) is 0 Å². The Kier molecular flexibility index (Phi) is 6.81. The highest BCUT2D eigenvalue weighted by Crippen LogP contribution is 2.20. The van der Waals surface area contributed by atoms with Gasteiger partial charge in [-0.25, -0.2) is 0 Å². The van der Waals surface area contributed by atoms with Gasteiger partial charge in [-0.2, -0.15) is 0 Å². The van der Waals surface area contributed by atoms with Crippen LogP contribution in [0.3, 0.4) is 0 Å². The molecular weight excluding hydrogens is 222 g/mol. The quantitative estimate of drug-likeness (QED) is 0.693. The topological polar surface area (TPSA) is 21.3 Å². The van der Waals surface area contributed by atoms with Gasteiger partial charge in [0.05, 0.1) is 6.61 Å². The molecule has 1 N–H and O–H groups in total. The Balaban J connectivity index is 2.57.